The Labute approximate surface area is 174 Å². The van der Waals surface area contributed by atoms with Crippen LogP contribution in [0.15, 0.2) is 6.20 Å². The molecule has 8 nitrogen and oxygen atoms in total. The number of methoxy groups -OCH3 is 1. The van der Waals surface area contributed by atoms with E-state index in [9.17, 15) is 9.18 Å². The van der Waals surface area contributed by atoms with Gasteiger partial charge in [0.25, 0.3) is 0 Å². The third kappa shape index (κ3) is 4.29. The van der Waals surface area contributed by atoms with Crippen molar-refractivity contribution in [1.29, 1.82) is 0 Å². The van der Waals surface area contributed by atoms with Crippen LogP contribution in [-0.2, 0) is 4.74 Å². The van der Waals surface area contributed by atoms with Gasteiger partial charge in [-0.15, -0.1) is 0 Å². The first-order chi connectivity index (χ1) is 13.5. The summed E-state index contributed by atoms with van der Waals surface area (Å²) in [6.07, 6.45) is 1.09. The van der Waals surface area contributed by atoms with E-state index in [2.05, 4.69) is 15.0 Å². The van der Waals surface area contributed by atoms with Crippen molar-refractivity contribution in [2.45, 2.75) is 39.3 Å². The fourth-order valence-corrected chi connectivity index (χ4v) is 3.58. The van der Waals surface area contributed by atoms with Crippen molar-refractivity contribution in [1.82, 2.24) is 19.9 Å². The molecule has 1 aliphatic heterocycles. The number of nitrogens with zero attached hydrogens (tertiary/aromatic N) is 5. The molecule has 1 aliphatic rings. The Morgan fingerprint density at radius 3 is 2.66 bits per heavy atom. The van der Waals surface area contributed by atoms with Gasteiger partial charge >= 0.3 is 12.1 Å². The summed E-state index contributed by atoms with van der Waals surface area (Å²) in [6, 6.07) is -0.0424. The molecule has 0 bridgehead atoms. The Bertz CT molecular complexity index is 936. The molecular formula is C19H25ClFN5O3. The normalized spacial score (nSPS) is 19.5. The van der Waals surface area contributed by atoms with E-state index in [1.807, 2.05) is 39.6 Å². The van der Waals surface area contributed by atoms with E-state index in [4.69, 9.17) is 21.1 Å². The Hall–Kier alpha value is -2.42. The van der Waals surface area contributed by atoms with Crippen LogP contribution in [0.2, 0.25) is 5.15 Å². The summed E-state index contributed by atoms with van der Waals surface area (Å²) in [6.45, 7) is 8.54. The van der Waals surface area contributed by atoms with Crippen LogP contribution >= 0.6 is 11.6 Å². The standard InChI is InChI=1S/C19H25ClFN5O3/c1-10-8-26(18(27)29-19(2,3)4)9-12(10)25(5)16-11-7-22-15(20)13(21)14(11)23-17(24-16)28-6/h7,10,12H,8-9H2,1-6H3/t10-,12?/m0/s1. The summed E-state index contributed by atoms with van der Waals surface area (Å²) >= 11 is 5.81. The molecule has 10 heteroatoms. The molecule has 0 saturated carbocycles. The van der Waals surface area contributed by atoms with Gasteiger partial charge in [0.05, 0.1) is 18.5 Å². The van der Waals surface area contributed by atoms with E-state index in [-0.39, 0.29) is 34.7 Å². The van der Waals surface area contributed by atoms with Gasteiger partial charge in [-0.25, -0.2) is 14.2 Å². The molecule has 1 saturated heterocycles. The highest BCUT2D eigenvalue weighted by Crippen LogP contribution is 2.33. The van der Waals surface area contributed by atoms with Gasteiger partial charge in [-0.2, -0.15) is 9.97 Å². The molecular weight excluding hydrogens is 401 g/mol. The first-order valence-corrected chi connectivity index (χ1v) is 9.66. The lowest BCUT2D eigenvalue weighted by Gasteiger charge is -2.29. The van der Waals surface area contributed by atoms with E-state index < -0.39 is 11.4 Å². The fraction of sp³-hybridized carbons (Fsp3) is 0.579. The second kappa shape index (κ2) is 7.78. The minimum Gasteiger partial charge on any atom is -0.467 e. The number of likely N-dealkylation sites (tertiary alicyclic amines) is 1. The monoisotopic (exact) mass is 425 g/mol. The van der Waals surface area contributed by atoms with Gasteiger partial charge in [-0.3, -0.25) is 0 Å². The predicted octanol–water partition coefficient (Wildman–Crippen LogP) is 3.52. The van der Waals surface area contributed by atoms with Crippen LogP contribution in [0.5, 0.6) is 6.01 Å². The van der Waals surface area contributed by atoms with Crippen molar-refractivity contribution < 1.29 is 18.7 Å². The van der Waals surface area contributed by atoms with Gasteiger partial charge in [-0.05, 0) is 26.7 Å². The van der Waals surface area contributed by atoms with Crippen molar-refractivity contribution in [2.75, 3.05) is 32.1 Å². The molecule has 29 heavy (non-hydrogen) atoms. The minimum atomic E-state index is -0.727. The highest BCUT2D eigenvalue weighted by Gasteiger charge is 2.38. The smallest absolute Gasteiger partial charge is 0.410 e. The van der Waals surface area contributed by atoms with E-state index in [1.54, 1.807) is 4.90 Å². The zero-order valence-corrected chi connectivity index (χ0v) is 18.1. The summed E-state index contributed by atoms with van der Waals surface area (Å²) in [5.41, 5.74) is -0.531. The quantitative estimate of drug-likeness (QED) is 0.696. The number of anilines is 1. The Morgan fingerprint density at radius 1 is 1.34 bits per heavy atom. The molecule has 2 atom stereocenters. The van der Waals surface area contributed by atoms with Gasteiger partial charge in [0, 0.05) is 26.3 Å². The molecule has 0 radical (unpaired) electrons. The summed E-state index contributed by atoms with van der Waals surface area (Å²) in [5, 5.41) is 0.148. The van der Waals surface area contributed by atoms with Crippen molar-refractivity contribution >= 4 is 34.4 Å². The lowest BCUT2D eigenvalue weighted by molar-refractivity contribution is 0.0287. The van der Waals surface area contributed by atoms with Crippen LogP contribution in [-0.4, -0.2) is 64.8 Å². The van der Waals surface area contributed by atoms with E-state index in [0.717, 1.165) is 0 Å². The number of hydrogen-bond donors (Lipinski definition) is 0. The van der Waals surface area contributed by atoms with E-state index in [1.165, 1.54) is 13.3 Å². The number of amides is 1. The van der Waals surface area contributed by atoms with Crippen molar-refractivity contribution in [3.05, 3.63) is 17.2 Å². The third-order valence-corrected chi connectivity index (χ3v) is 5.10. The van der Waals surface area contributed by atoms with Gasteiger partial charge in [0.2, 0.25) is 0 Å². The predicted molar refractivity (Wildman–Crippen MR) is 108 cm³/mol. The van der Waals surface area contributed by atoms with Gasteiger partial charge in [0.15, 0.2) is 11.0 Å². The maximum absolute atomic E-state index is 14.5. The maximum atomic E-state index is 14.5. The van der Waals surface area contributed by atoms with Crippen molar-refractivity contribution in [3.8, 4) is 6.01 Å². The second-order valence-electron chi connectivity index (χ2n) is 8.20. The number of fused-ring (bicyclic) bond motifs is 1. The average molecular weight is 426 g/mol. The molecule has 0 aromatic carbocycles. The highest BCUT2D eigenvalue weighted by atomic mass is 35.5. The zero-order chi connectivity index (χ0) is 21.5. The van der Waals surface area contributed by atoms with Crippen molar-refractivity contribution in [3.63, 3.8) is 0 Å². The molecule has 3 rings (SSSR count). The lowest BCUT2D eigenvalue weighted by Crippen LogP contribution is -2.40. The Balaban J connectivity index is 1.94. The first kappa shape index (κ1) is 21.3. The second-order valence-corrected chi connectivity index (χ2v) is 8.56. The van der Waals surface area contributed by atoms with Crippen LogP contribution in [0.25, 0.3) is 10.9 Å². The average Bonchev–Trinajstić information content (AvgIpc) is 3.04. The number of carbonyl (C=O) groups is 1. The van der Waals surface area contributed by atoms with Crippen LogP contribution in [0, 0.1) is 11.7 Å². The summed E-state index contributed by atoms with van der Waals surface area (Å²) in [5.74, 6) is -0.138. The summed E-state index contributed by atoms with van der Waals surface area (Å²) in [4.78, 5) is 28.4. The number of likely N-dealkylation sites (N-methyl/N-ethyl adjacent to an activating group) is 1. The number of aromatic nitrogens is 3. The number of hydrogen-bond acceptors (Lipinski definition) is 7. The molecule has 2 aromatic rings. The number of halogens is 2. The maximum Gasteiger partial charge on any atom is 0.410 e. The van der Waals surface area contributed by atoms with Crippen LogP contribution in [0.3, 0.4) is 0 Å². The number of pyridine rings is 1. The molecule has 1 unspecified atom stereocenters. The number of rotatable bonds is 3. The SMILES string of the molecule is COc1nc(N(C)C2CN(C(=O)OC(C)(C)C)C[C@@H]2C)c2cnc(Cl)c(F)c2n1. The summed E-state index contributed by atoms with van der Waals surface area (Å²) < 4.78 is 25.1. The van der Waals surface area contributed by atoms with Gasteiger partial charge in [0.1, 0.15) is 16.9 Å². The first-order valence-electron chi connectivity index (χ1n) is 9.28. The molecule has 1 fully saturated rings. The molecule has 0 spiro atoms. The molecule has 3 heterocycles. The topological polar surface area (TPSA) is 80.7 Å². The Morgan fingerprint density at radius 2 is 2.03 bits per heavy atom. The zero-order valence-electron chi connectivity index (χ0n) is 17.4. The van der Waals surface area contributed by atoms with Gasteiger partial charge in [-0.1, -0.05) is 18.5 Å². The number of carbonyl (C=O) groups excluding carboxylic acids is 1. The molecule has 1 amide bonds. The highest BCUT2D eigenvalue weighted by molar-refractivity contribution is 6.30. The largest absolute Gasteiger partial charge is 0.467 e. The summed E-state index contributed by atoms with van der Waals surface area (Å²) in [7, 11) is 3.25. The number of ether oxygens (including phenoxy) is 2. The molecule has 0 N–H and O–H groups in total. The van der Waals surface area contributed by atoms with E-state index >= 15 is 0 Å². The van der Waals surface area contributed by atoms with E-state index in [0.29, 0.717) is 24.3 Å². The molecule has 0 aliphatic carbocycles. The molecule has 158 valence electrons. The van der Waals surface area contributed by atoms with Crippen molar-refractivity contribution in [2.24, 2.45) is 5.92 Å². The lowest BCUT2D eigenvalue weighted by atomic mass is 10.1. The minimum absolute atomic E-state index is 0.0233. The molecule has 2 aromatic heterocycles. The third-order valence-electron chi connectivity index (χ3n) is 4.84. The van der Waals surface area contributed by atoms with Crippen LogP contribution in [0.4, 0.5) is 15.0 Å². The van der Waals surface area contributed by atoms with Crippen LogP contribution in [0.1, 0.15) is 27.7 Å². The fourth-order valence-electron chi connectivity index (χ4n) is 3.45. The Kier molecular flexibility index (Phi) is 5.71. The van der Waals surface area contributed by atoms with Gasteiger partial charge < -0.3 is 19.3 Å². The van der Waals surface area contributed by atoms with Crippen LogP contribution < -0.4 is 9.64 Å².